The van der Waals surface area contributed by atoms with Crippen LogP contribution >= 0.6 is 11.3 Å². The van der Waals surface area contributed by atoms with E-state index >= 15 is 0 Å². The number of thiophene rings is 1. The lowest BCUT2D eigenvalue weighted by Gasteiger charge is -2.38. The van der Waals surface area contributed by atoms with E-state index in [1.807, 2.05) is 49.9 Å². The van der Waals surface area contributed by atoms with Gasteiger partial charge in [-0.25, -0.2) is 4.79 Å². The fraction of sp³-hybridized carbons (Fsp3) is 0.500. The van der Waals surface area contributed by atoms with Crippen LogP contribution < -0.4 is 14.8 Å². The van der Waals surface area contributed by atoms with Crippen molar-refractivity contribution >= 4 is 23.3 Å². The topological polar surface area (TPSA) is 71.1 Å². The van der Waals surface area contributed by atoms with Gasteiger partial charge in [0.2, 0.25) is 5.91 Å². The summed E-state index contributed by atoms with van der Waals surface area (Å²) in [5, 5.41) is 4.89. The third-order valence-electron chi connectivity index (χ3n) is 5.90. The maximum Gasteiger partial charge on any atom is 0.318 e. The summed E-state index contributed by atoms with van der Waals surface area (Å²) in [6, 6.07) is 9.13. The molecule has 174 valence electrons. The Morgan fingerprint density at radius 3 is 2.69 bits per heavy atom. The minimum atomic E-state index is -0.213. The summed E-state index contributed by atoms with van der Waals surface area (Å²) >= 11 is 1.71. The van der Waals surface area contributed by atoms with Crippen molar-refractivity contribution in [3.05, 3.63) is 46.2 Å². The van der Waals surface area contributed by atoms with Crippen molar-refractivity contribution in [2.45, 2.75) is 45.7 Å². The zero-order valence-electron chi connectivity index (χ0n) is 19.3. The first-order chi connectivity index (χ1) is 15.5. The van der Waals surface area contributed by atoms with Crippen molar-refractivity contribution in [3.63, 3.8) is 0 Å². The maximum atomic E-state index is 13.4. The molecule has 0 saturated carbocycles. The Balaban J connectivity index is 1.80. The van der Waals surface area contributed by atoms with E-state index in [0.29, 0.717) is 31.2 Å². The third-order valence-corrected chi connectivity index (χ3v) is 6.89. The number of para-hydroxylation sites is 2. The normalized spacial score (nSPS) is 16.1. The minimum Gasteiger partial charge on any atom is -0.493 e. The molecule has 0 aliphatic carbocycles. The molecule has 0 bridgehead atoms. The molecule has 1 aliphatic heterocycles. The first-order valence-corrected chi connectivity index (χ1v) is 12.0. The molecule has 0 spiro atoms. The van der Waals surface area contributed by atoms with Crippen molar-refractivity contribution in [2.75, 3.05) is 33.4 Å². The fourth-order valence-electron chi connectivity index (χ4n) is 3.92. The zero-order valence-corrected chi connectivity index (χ0v) is 20.1. The lowest BCUT2D eigenvalue weighted by molar-refractivity contribution is -0.135. The summed E-state index contributed by atoms with van der Waals surface area (Å²) in [6.07, 6.45) is 1.59. The molecule has 0 saturated heterocycles. The average molecular weight is 460 g/mol. The van der Waals surface area contributed by atoms with Gasteiger partial charge in [0.05, 0.1) is 13.2 Å². The molecular weight excluding hydrogens is 426 g/mol. The van der Waals surface area contributed by atoms with Crippen molar-refractivity contribution in [1.82, 2.24) is 15.1 Å². The van der Waals surface area contributed by atoms with Gasteiger partial charge in [-0.2, -0.15) is 0 Å². The highest BCUT2D eigenvalue weighted by atomic mass is 32.1. The standard InChI is InChI=1S/C24H33N3O4S/c1-5-17(3)27(24(29)25-6-2)15-23(28)26-13-11-22-18(12-14-32-22)19(26)16-31-21-10-8-7-9-20(21)30-4/h7-10,12,14,17,19H,5-6,11,13,15-16H2,1-4H3,(H,25,29). The highest BCUT2D eigenvalue weighted by Crippen LogP contribution is 2.35. The van der Waals surface area contributed by atoms with Crippen LogP contribution in [0.5, 0.6) is 11.5 Å². The number of carbonyl (C=O) groups excluding carboxylic acids is 2. The summed E-state index contributed by atoms with van der Waals surface area (Å²) in [7, 11) is 1.61. The average Bonchev–Trinajstić information content (AvgIpc) is 3.29. The van der Waals surface area contributed by atoms with Gasteiger partial charge in [-0.15, -0.1) is 11.3 Å². The molecule has 2 unspecified atom stereocenters. The van der Waals surface area contributed by atoms with Crippen molar-refractivity contribution in [1.29, 1.82) is 0 Å². The van der Waals surface area contributed by atoms with Gasteiger partial charge >= 0.3 is 6.03 Å². The number of fused-ring (bicyclic) bond motifs is 1. The largest absolute Gasteiger partial charge is 0.493 e. The van der Waals surface area contributed by atoms with E-state index in [0.717, 1.165) is 18.4 Å². The number of hydrogen-bond donors (Lipinski definition) is 1. The molecule has 1 N–H and O–H groups in total. The van der Waals surface area contributed by atoms with Crippen molar-refractivity contribution in [2.24, 2.45) is 0 Å². The van der Waals surface area contributed by atoms with Crippen LogP contribution in [-0.2, 0) is 11.2 Å². The number of urea groups is 1. The van der Waals surface area contributed by atoms with E-state index in [-0.39, 0.29) is 30.6 Å². The Bertz CT molecular complexity index is 916. The second-order valence-corrected chi connectivity index (χ2v) is 8.84. The first kappa shape index (κ1) is 23.9. The molecule has 2 aromatic rings. The summed E-state index contributed by atoms with van der Waals surface area (Å²) in [5.41, 5.74) is 1.12. The van der Waals surface area contributed by atoms with Crippen LogP contribution in [0.4, 0.5) is 4.79 Å². The van der Waals surface area contributed by atoms with Crippen LogP contribution in [0.15, 0.2) is 35.7 Å². The van der Waals surface area contributed by atoms with Crippen LogP contribution in [0.2, 0.25) is 0 Å². The number of amides is 3. The number of nitrogens with one attached hydrogen (secondary N) is 1. The molecule has 1 aromatic carbocycles. The molecule has 2 atom stereocenters. The van der Waals surface area contributed by atoms with Gasteiger partial charge in [0, 0.05) is 24.0 Å². The molecule has 0 radical (unpaired) electrons. The number of benzene rings is 1. The molecule has 3 amide bonds. The maximum absolute atomic E-state index is 13.4. The van der Waals surface area contributed by atoms with Crippen molar-refractivity contribution in [3.8, 4) is 11.5 Å². The first-order valence-electron chi connectivity index (χ1n) is 11.2. The molecule has 3 rings (SSSR count). The van der Waals surface area contributed by atoms with Gasteiger partial charge in [0.25, 0.3) is 0 Å². The number of methoxy groups -OCH3 is 1. The van der Waals surface area contributed by atoms with E-state index in [1.165, 1.54) is 4.88 Å². The molecule has 1 aliphatic rings. The Morgan fingerprint density at radius 2 is 2.00 bits per heavy atom. The van der Waals surface area contributed by atoms with Gasteiger partial charge in [0.15, 0.2) is 11.5 Å². The van der Waals surface area contributed by atoms with Crippen molar-refractivity contribution < 1.29 is 19.1 Å². The monoisotopic (exact) mass is 459 g/mol. The Hall–Kier alpha value is -2.74. The minimum absolute atomic E-state index is 0.0321. The van der Waals surface area contributed by atoms with Crippen LogP contribution in [-0.4, -0.2) is 61.1 Å². The number of nitrogens with zero attached hydrogens (tertiary/aromatic N) is 2. The van der Waals surface area contributed by atoms with Crippen LogP contribution in [0.3, 0.4) is 0 Å². The third kappa shape index (κ3) is 5.35. The van der Waals surface area contributed by atoms with E-state index in [1.54, 1.807) is 23.3 Å². The quantitative estimate of drug-likeness (QED) is 0.613. The van der Waals surface area contributed by atoms with Gasteiger partial charge in [-0.3, -0.25) is 4.79 Å². The van der Waals surface area contributed by atoms with Crippen LogP contribution in [0, 0.1) is 0 Å². The van der Waals surface area contributed by atoms with E-state index in [4.69, 9.17) is 9.47 Å². The zero-order chi connectivity index (χ0) is 23.1. The predicted octanol–water partition coefficient (Wildman–Crippen LogP) is 4.09. The molecule has 1 aromatic heterocycles. The molecule has 2 heterocycles. The molecule has 0 fully saturated rings. The van der Waals surface area contributed by atoms with E-state index in [9.17, 15) is 9.59 Å². The molecule has 32 heavy (non-hydrogen) atoms. The highest BCUT2D eigenvalue weighted by Gasteiger charge is 2.34. The summed E-state index contributed by atoms with van der Waals surface area (Å²) < 4.78 is 11.5. The number of hydrogen-bond acceptors (Lipinski definition) is 5. The summed E-state index contributed by atoms with van der Waals surface area (Å²) in [6.45, 7) is 7.36. The lowest BCUT2D eigenvalue weighted by atomic mass is 10.00. The Kier molecular flexibility index (Phi) is 8.39. The van der Waals surface area contributed by atoms with Crippen LogP contribution in [0.1, 0.15) is 43.7 Å². The molecular formula is C24H33N3O4S. The highest BCUT2D eigenvalue weighted by molar-refractivity contribution is 7.10. The summed E-state index contributed by atoms with van der Waals surface area (Å²) in [4.78, 5) is 30.8. The fourth-order valence-corrected chi connectivity index (χ4v) is 4.85. The SMILES string of the molecule is CCNC(=O)N(CC(=O)N1CCc2sccc2C1COc1ccccc1OC)C(C)CC. The number of ether oxygens (including phenoxy) is 2. The lowest BCUT2D eigenvalue weighted by Crippen LogP contribution is -2.52. The van der Waals surface area contributed by atoms with Gasteiger partial charge in [0.1, 0.15) is 13.2 Å². The van der Waals surface area contributed by atoms with Gasteiger partial charge in [-0.1, -0.05) is 19.1 Å². The second-order valence-electron chi connectivity index (χ2n) is 7.83. The molecule has 8 heteroatoms. The van der Waals surface area contributed by atoms with E-state index in [2.05, 4.69) is 16.8 Å². The number of rotatable bonds is 9. The Morgan fingerprint density at radius 1 is 1.25 bits per heavy atom. The van der Waals surface area contributed by atoms with Gasteiger partial charge in [-0.05, 0) is 55.8 Å². The Labute approximate surface area is 194 Å². The smallest absolute Gasteiger partial charge is 0.318 e. The second kappa shape index (κ2) is 11.2. The number of carbonyl (C=O) groups is 2. The predicted molar refractivity (Wildman–Crippen MR) is 126 cm³/mol. The summed E-state index contributed by atoms with van der Waals surface area (Å²) in [5.74, 6) is 1.24. The van der Waals surface area contributed by atoms with Gasteiger partial charge < -0.3 is 24.6 Å². The van der Waals surface area contributed by atoms with Crippen LogP contribution in [0.25, 0.3) is 0 Å². The molecule has 7 nitrogen and oxygen atoms in total. The van der Waals surface area contributed by atoms with E-state index < -0.39 is 0 Å².